The SMILES string of the molecule is CN1CC(Nc2cnn(C)c(=O)c2Cl)CC(c2ccc(CN3CCN(c4cccc(OC5CCC(=O)NC5=O)c4)CC3)cc2)C1. The van der Waals surface area contributed by atoms with Gasteiger partial charge in [0.2, 0.25) is 5.91 Å². The van der Waals surface area contributed by atoms with Gasteiger partial charge >= 0.3 is 0 Å². The van der Waals surface area contributed by atoms with Crippen LogP contribution < -0.4 is 25.8 Å². The average Bonchev–Trinajstić information content (AvgIpc) is 3.03. The standard InChI is InChI=1S/C33H40ClN7O4/c1-38-20-24(16-25(21-38)36-28-18-35-39(2)33(44)31(28)34)23-8-6-22(7-9-23)19-40-12-14-41(15-13-40)26-4-3-5-27(17-26)45-29-10-11-30(42)37-32(29)43/h3-9,17-18,24-25,29,36H,10-16,19-21H2,1-2H3,(H,37,42,43). The van der Waals surface area contributed by atoms with Crippen LogP contribution in [0.3, 0.4) is 0 Å². The number of imide groups is 1. The molecule has 12 heteroatoms. The zero-order valence-electron chi connectivity index (χ0n) is 25.7. The molecule has 1 aromatic heterocycles. The third kappa shape index (κ3) is 7.49. The van der Waals surface area contributed by atoms with Gasteiger partial charge in [-0.1, -0.05) is 41.9 Å². The number of benzene rings is 2. The van der Waals surface area contributed by atoms with Crippen molar-refractivity contribution in [3.8, 4) is 5.75 Å². The number of likely N-dealkylation sites (N-methyl/N-ethyl adjacent to an activating group) is 1. The Morgan fingerprint density at radius 1 is 1.02 bits per heavy atom. The second-order valence-electron chi connectivity index (χ2n) is 12.4. The van der Waals surface area contributed by atoms with Gasteiger partial charge in [-0.25, -0.2) is 4.68 Å². The van der Waals surface area contributed by atoms with Crippen LogP contribution in [0.15, 0.2) is 59.5 Å². The van der Waals surface area contributed by atoms with E-state index in [1.165, 1.54) is 15.8 Å². The number of aryl methyl sites for hydroxylation is 1. The smallest absolute Gasteiger partial charge is 0.287 e. The molecule has 4 heterocycles. The van der Waals surface area contributed by atoms with Crippen LogP contribution in [-0.2, 0) is 23.2 Å². The summed E-state index contributed by atoms with van der Waals surface area (Å²) in [6, 6.07) is 17.0. The molecule has 2 aromatic carbocycles. The molecule has 0 aliphatic carbocycles. The summed E-state index contributed by atoms with van der Waals surface area (Å²) in [5, 5.41) is 10.1. The minimum Gasteiger partial charge on any atom is -0.481 e. The first kappa shape index (κ1) is 31.1. The van der Waals surface area contributed by atoms with Crippen LogP contribution in [0.4, 0.5) is 11.4 Å². The molecule has 3 aliphatic rings. The largest absolute Gasteiger partial charge is 0.481 e. The molecule has 0 spiro atoms. The molecule has 3 fully saturated rings. The molecule has 0 bridgehead atoms. The van der Waals surface area contributed by atoms with Crippen LogP contribution in [0.1, 0.15) is 36.3 Å². The summed E-state index contributed by atoms with van der Waals surface area (Å²) in [5.74, 6) is 0.394. The maximum absolute atomic E-state index is 12.2. The zero-order chi connectivity index (χ0) is 31.5. The zero-order valence-corrected chi connectivity index (χ0v) is 26.5. The fraction of sp³-hybridized carbons (Fsp3) is 0.455. The van der Waals surface area contributed by atoms with Crippen molar-refractivity contribution in [3.05, 3.63) is 81.2 Å². The van der Waals surface area contributed by atoms with E-state index in [2.05, 4.69) is 67.8 Å². The Balaban J connectivity index is 1.00. The van der Waals surface area contributed by atoms with E-state index in [4.69, 9.17) is 16.3 Å². The predicted molar refractivity (Wildman–Crippen MR) is 174 cm³/mol. The summed E-state index contributed by atoms with van der Waals surface area (Å²) in [6.45, 7) is 6.42. The quantitative estimate of drug-likeness (QED) is 0.362. The number of aromatic nitrogens is 2. The summed E-state index contributed by atoms with van der Waals surface area (Å²) in [5.41, 5.74) is 3.97. The number of piperazine rings is 1. The van der Waals surface area contributed by atoms with E-state index >= 15 is 0 Å². The highest BCUT2D eigenvalue weighted by Crippen LogP contribution is 2.30. The van der Waals surface area contributed by atoms with Crippen molar-refractivity contribution in [2.45, 2.75) is 43.9 Å². The molecule has 2 amide bonds. The van der Waals surface area contributed by atoms with Gasteiger partial charge in [0.05, 0.1) is 11.9 Å². The monoisotopic (exact) mass is 633 g/mol. The Morgan fingerprint density at radius 2 is 1.80 bits per heavy atom. The molecule has 2 N–H and O–H groups in total. The lowest BCUT2D eigenvalue weighted by Gasteiger charge is -2.37. The fourth-order valence-electron chi connectivity index (χ4n) is 6.52. The van der Waals surface area contributed by atoms with Crippen LogP contribution in [0.2, 0.25) is 5.02 Å². The van der Waals surface area contributed by atoms with E-state index in [9.17, 15) is 14.4 Å². The van der Waals surface area contributed by atoms with E-state index in [0.717, 1.165) is 57.9 Å². The number of ether oxygens (including phenoxy) is 1. The summed E-state index contributed by atoms with van der Waals surface area (Å²) in [4.78, 5) is 42.9. The topological polar surface area (TPSA) is 112 Å². The number of hydrogen-bond acceptors (Lipinski definition) is 9. The summed E-state index contributed by atoms with van der Waals surface area (Å²) in [6.07, 6.45) is 2.62. The number of amides is 2. The number of likely N-dealkylation sites (tertiary alicyclic amines) is 1. The lowest BCUT2D eigenvalue weighted by Crippen LogP contribution is -2.46. The minimum atomic E-state index is -0.638. The van der Waals surface area contributed by atoms with Gasteiger partial charge in [0.25, 0.3) is 11.5 Å². The highest BCUT2D eigenvalue weighted by atomic mass is 35.5. The molecule has 3 aromatic rings. The van der Waals surface area contributed by atoms with Crippen molar-refractivity contribution in [1.29, 1.82) is 0 Å². The van der Waals surface area contributed by atoms with E-state index in [1.807, 2.05) is 18.2 Å². The minimum absolute atomic E-state index is 0.154. The molecule has 3 saturated heterocycles. The van der Waals surface area contributed by atoms with Gasteiger partial charge in [0.1, 0.15) is 10.8 Å². The van der Waals surface area contributed by atoms with Gasteiger partial charge in [-0.2, -0.15) is 5.10 Å². The Hall–Kier alpha value is -3.93. The second kappa shape index (κ2) is 13.6. The Morgan fingerprint density at radius 3 is 2.56 bits per heavy atom. The van der Waals surface area contributed by atoms with Crippen LogP contribution in [0.25, 0.3) is 0 Å². The molecule has 3 atom stereocenters. The lowest BCUT2D eigenvalue weighted by molar-refractivity contribution is -0.138. The molecular weight excluding hydrogens is 594 g/mol. The van der Waals surface area contributed by atoms with Crippen LogP contribution >= 0.6 is 11.6 Å². The third-order valence-electron chi connectivity index (χ3n) is 8.95. The van der Waals surface area contributed by atoms with Crippen molar-refractivity contribution in [1.82, 2.24) is 24.9 Å². The molecule has 11 nitrogen and oxygen atoms in total. The Labute approximate surface area is 268 Å². The van der Waals surface area contributed by atoms with E-state index in [1.54, 1.807) is 13.2 Å². The van der Waals surface area contributed by atoms with E-state index in [-0.39, 0.29) is 28.4 Å². The van der Waals surface area contributed by atoms with Gasteiger partial charge < -0.3 is 19.9 Å². The van der Waals surface area contributed by atoms with Crippen molar-refractivity contribution < 1.29 is 14.3 Å². The molecule has 3 unspecified atom stereocenters. The normalized spacial score (nSPS) is 23.1. The predicted octanol–water partition coefficient (Wildman–Crippen LogP) is 2.84. The number of nitrogens with zero attached hydrogens (tertiary/aromatic N) is 5. The van der Waals surface area contributed by atoms with Crippen molar-refractivity contribution >= 4 is 34.8 Å². The molecule has 45 heavy (non-hydrogen) atoms. The maximum Gasteiger partial charge on any atom is 0.287 e. The number of anilines is 2. The molecular formula is C33H40ClN7O4. The molecule has 3 aliphatic heterocycles. The van der Waals surface area contributed by atoms with Gasteiger partial charge in [0.15, 0.2) is 6.10 Å². The van der Waals surface area contributed by atoms with E-state index < -0.39 is 6.10 Å². The van der Waals surface area contributed by atoms with Crippen LogP contribution in [0, 0.1) is 0 Å². The molecule has 0 saturated carbocycles. The Kier molecular flexibility index (Phi) is 9.39. The molecule has 6 rings (SSSR count). The number of carbonyl (C=O) groups excluding carboxylic acids is 2. The van der Waals surface area contributed by atoms with Gasteiger partial charge in [-0.05, 0) is 42.6 Å². The van der Waals surface area contributed by atoms with Gasteiger partial charge in [-0.15, -0.1) is 0 Å². The number of piperidine rings is 2. The number of halogens is 1. The summed E-state index contributed by atoms with van der Waals surface area (Å²) >= 11 is 6.31. The van der Waals surface area contributed by atoms with Crippen molar-refractivity contribution in [3.63, 3.8) is 0 Å². The first-order valence-corrected chi connectivity index (χ1v) is 15.9. The first-order chi connectivity index (χ1) is 21.7. The summed E-state index contributed by atoms with van der Waals surface area (Å²) < 4.78 is 7.17. The fourth-order valence-corrected chi connectivity index (χ4v) is 6.74. The number of nitrogens with one attached hydrogen (secondary N) is 2. The van der Waals surface area contributed by atoms with E-state index in [0.29, 0.717) is 30.2 Å². The van der Waals surface area contributed by atoms with Gasteiger partial charge in [0, 0.05) is 83.5 Å². The molecule has 238 valence electrons. The highest BCUT2D eigenvalue weighted by molar-refractivity contribution is 6.32. The van der Waals surface area contributed by atoms with Crippen molar-refractivity contribution in [2.75, 3.05) is 56.5 Å². The maximum atomic E-state index is 12.2. The second-order valence-corrected chi connectivity index (χ2v) is 12.7. The average molecular weight is 634 g/mol. The highest BCUT2D eigenvalue weighted by Gasteiger charge is 2.29. The number of hydrogen-bond donors (Lipinski definition) is 2. The third-order valence-corrected chi connectivity index (χ3v) is 9.32. The first-order valence-electron chi connectivity index (χ1n) is 15.6. The number of carbonyl (C=O) groups is 2. The lowest BCUT2D eigenvalue weighted by atomic mass is 9.87. The number of rotatable bonds is 8. The summed E-state index contributed by atoms with van der Waals surface area (Å²) in [7, 11) is 3.72. The molecule has 0 radical (unpaired) electrons. The van der Waals surface area contributed by atoms with Crippen LogP contribution in [-0.4, -0.2) is 89.9 Å². The Bertz CT molecular complexity index is 1590. The van der Waals surface area contributed by atoms with Gasteiger partial charge in [-0.3, -0.25) is 24.6 Å². The van der Waals surface area contributed by atoms with Crippen LogP contribution in [0.5, 0.6) is 5.75 Å². The van der Waals surface area contributed by atoms with Crippen molar-refractivity contribution in [2.24, 2.45) is 7.05 Å².